The van der Waals surface area contributed by atoms with Gasteiger partial charge in [0.25, 0.3) is 0 Å². The maximum Gasteiger partial charge on any atom is 0.348 e. The van der Waals surface area contributed by atoms with Crippen molar-refractivity contribution >= 4 is 27.5 Å². The number of thiophene rings is 1. The lowest BCUT2D eigenvalue weighted by atomic mass is 9.71. The predicted octanol–water partition coefficient (Wildman–Crippen LogP) is 2.90. The summed E-state index contributed by atoms with van der Waals surface area (Å²) in [7, 11) is 0. The highest BCUT2D eigenvalue weighted by molar-refractivity contribution is 7.20. The molecular formula is C19H25N3O2S. The van der Waals surface area contributed by atoms with Crippen LogP contribution in [0.25, 0.3) is 10.2 Å². The molecule has 4 heterocycles. The van der Waals surface area contributed by atoms with Crippen LogP contribution in [0.1, 0.15) is 36.1 Å². The van der Waals surface area contributed by atoms with Crippen LogP contribution in [0.3, 0.4) is 0 Å². The van der Waals surface area contributed by atoms with Gasteiger partial charge in [-0.1, -0.05) is 19.9 Å². The summed E-state index contributed by atoms with van der Waals surface area (Å²) in [6.07, 6.45) is 0. The minimum absolute atomic E-state index is 0.257. The summed E-state index contributed by atoms with van der Waals surface area (Å²) in [5.74, 6) is -0.257. The Bertz CT molecular complexity index is 802. The van der Waals surface area contributed by atoms with Crippen molar-refractivity contribution in [1.29, 1.82) is 0 Å². The molecule has 6 heteroatoms. The number of nitrogens with zero attached hydrogens (tertiary/aromatic N) is 2. The first-order chi connectivity index (χ1) is 11.9. The van der Waals surface area contributed by atoms with E-state index < -0.39 is 0 Å². The third-order valence-electron chi connectivity index (χ3n) is 5.94. The number of esters is 1. The molecule has 0 aromatic carbocycles. The van der Waals surface area contributed by atoms with E-state index in [0.717, 1.165) is 48.6 Å². The minimum Gasteiger partial charge on any atom is -0.462 e. The number of likely N-dealkylation sites (tertiary alicyclic amines) is 1. The van der Waals surface area contributed by atoms with Crippen molar-refractivity contribution in [3.05, 3.63) is 28.8 Å². The normalized spacial score (nSPS) is 29.2. The number of ether oxygens (including phenoxy) is 1. The number of pyridine rings is 1. The second-order valence-electron chi connectivity index (χ2n) is 7.90. The van der Waals surface area contributed by atoms with Gasteiger partial charge >= 0.3 is 5.97 Å². The fourth-order valence-electron chi connectivity index (χ4n) is 4.27. The Morgan fingerprint density at radius 3 is 2.72 bits per heavy atom. The Morgan fingerprint density at radius 1 is 1.32 bits per heavy atom. The summed E-state index contributed by atoms with van der Waals surface area (Å²) in [6, 6.07) is 6.03. The molecule has 2 saturated heterocycles. The van der Waals surface area contributed by atoms with Crippen LogP contribution in [0.15, 0.2) is 18.2 Å². The molecule has 0 amide bonds. The maximum absolute atomic E-state index is 11.9. The predicted molar refractivity (Wildman–Crippen MR) is 99.9 cm³/mol. The lowest BCUT2D eigenvalue weighted by Gasteiger charge is -2.31. The zero-order valence-electron chi connectivity index (χ0n) is 15.1. The van der Waals surface area contributed by atoms with E-state index in [9.17, 15) is 4.79 Å². The number of fused-ring (bicyclic) bond motifs is 2. The maximum atomic E-state index is 11.9. The molecule has 2 atom stereocenters. The van der Waals surface area contributed by atoms with Gasteiger partial charge in [0, 0.05) is 48.9 Å². The summed E-state index contributed by atoms with van der Waals surface area (Å²) >= 11 is 1.42. The average molecular weight is 359 g/mol. The SMILES string of the molecule is CCOC(=O)c1cc2ccc(CN3C[C@]4(C)CNC[C@]4(C)C3)nc2s1. The summed E-state index contributed by atoms with van der Waals surface area (Å²) in [5.41, 5.74) is 1.76. The number of rotatable bonds is 4. The van der Waals surface area contributed by atoms with Crippen LogP contribution in [-0.4, -0.2) is 48.6 Å². The van der Waals surface area contributed by atoms with E-state index in [1.165, 1.54) is 11.3 Å². The van der Waals surface area contributed by atoms with Crippen LogP contribution in [0.5, 0.6) is 0 Å². The van der Waals surface area contributed by atoms with E-state index in [0.29, 0.717) is 22.3 Å². The third-order valence-corrected chi connectivity index (χ3v) is 6.96. The molecular weight excluding hydrogens is 334 g/mol. The fourth-order valence-corrected chi connectivity index (χ4v) is 5.21. The van der Waals surface area contributed by atoms with Gasteiger partial charge < -0.3 is 10.1 Å². The van der Waals surface area contributed by atoms with Gasteiger partial charge in [0.2, 0.25) is 0 Å². The second kappa shape index (κ2) is 6.04. The van der Waals surface area contributed by atoms with Crippen LogP contribution in [0.4, 0.5) is 0 Å². The molecule has 4 rings (SSSR count). The van der Waals surface area contributed by atoms with E-state index in [1.807, 2.05) is 13.0 Å². The Kier molecular flexibility index (Phi) is 4.09. The topological polar surface area (TPSA) is 54.5 Å². The Morgan fingerprint density at radius 2 is 2.04 bits per heavy atom. The molecule has 0 unspecified atom stereocenters. The van der Waals surface area contributed by atoms with Crippen molar-refractivity contribution in [3.8, 4) is 0 Å². The van der Waals surface area contributed by atoms with E-state index in [2.05, 4.69) is 36.2 Å². The van der Waals surface area contributed by atoms with Crippen molar-refractivity contribution in [1.82, 2.24) is 15.2 Å². The summed E-state index contributed by atoms with van der Waals surface area (Å²) in [4.78, 5) is 20.8. The number of carbonyl (C=O) groups excluding carboxylic acids is 1. The van der Waals surface area contributed by atoms with Gasteiger partial charge in [-0.3, -0.25) is 4.90 Å². The van der Waals surface area contributed by atoms with Gasteiger partial charge in [-0.05, 0) is 19.1 Å². The van der Waals surface area contributed by atoms with Crippen molar-refractivity contribution in [2.24, 2.45) is 10.8 Å². The first kappa shape index (κ1) is 16.9. The highest BCUT2D eigenvalue weighted by Gasteiger charge is 2.54. The van der Waals surface area contributed by atoms with Crippen molar-refractivity contribution in [3.63, 3.8) is 0 Å². The van der Waals surface area contributed by atoms with Crippen LogP contribution < -0.4 is 5.32 Å². The molecule has 134 valence electrons. The van der Waals surface area contributed by atoms with Crippen LogP contribution in [0, 0.1) is 10.8 Å². The molecule has 0 saturated carbocycles. The van der Waals surface area contributed by atoms with Gasteiger partial charge in [0.05, 0.1) is 12.3 Å². The summed E-state index contributed by atoms with van der Waals surface area (Å²) in [6.45, 7) is 12.3. The van der Waals surface area contributed by atoms with Gasteiger partial charge in [-0.25, -0.2) is 9.78 Å². The molecule has 2 aromatic heterocycles. The summed E-state index contributed by atoms with van der Waals surface area (Å²) in [5, 5.41) is 4.57. The van der Waals surface area contributed by atoms with Gasteiger partial charge in [0.1, 0.15) is 9.71 Å². The number of carbonyl (C=O) groups is 1. The smallest absolute Gasteiger partial charge is 0.348 e. The minimum atomic E-state index is -0.257. The molecule has 5 nitrogen and oxygen atoms in total. The molecule has 2 aliphatic heterocycles. The first-order valence-corrected chi connectivity index (χ1v) is 9.74. The second-order valence-corrected chi connectivity index (χ2v) is 8.93. The van der Waals surface area contributed by atoms with E-state index in [4.69, 9.17) is 9.72 Å². The Balaban J connectivity index is 1.52. The molecule has 0 aliphatic carbocycles. The molecule has 25 heavy (non-hydrogen) atoms. The van der Waals surface area contributed by atoms with Crippen LogP contribution >= 0.6 is 11.3 Å². The molecule has 2 aliphatic rings. The number of hydrogen-bond acceptors (Lipinski definition) is 6. The van der Waals surface area contributed by atoms with Gasteiger partial charge in [0.15, 0.2) is 0 Å². The highest BCUT2D eigenvalue weighted by Crippen LogP contribution is 2.48. The largest absolute Gasteiger partial charge is 0.462 e. The lowest BCUT2D eigenvalue weighted by molar-refractivity contribution is 0.0532. The van der Waals surface area contributed by atoms with Gasteiger partial charge in [-0.2, -0.15) is 0 Å². The molecule has 0 bridgehead atoms. The average Bonchev–Trinajstić information content (AvgIpc) is 3.15. The number of aromatic nitrogens is 1. The van der Waals surface area contributed by atoms with E-state index >= 15 is 0 Å². The first-order valence-electron chi connectivity index (χ1n) is 8.92. The molecule has 1 N–H and O–H groups in total. The molecule has 0 spiro atoms. The third kappa shape index (κ3) is 2.86. The lowest BCUT2D eigenvalue weighted by Crippen LogP contribution is -2.34. The standard InChI is InChI=1S/C19H25N3O2S/c1-4-24-17(23)15-7-13-5-6-14(21-16(13)25-15)8-22-11-18(2)9-20-10-19(18,3)12-22/h5-7,20H,4,8-12H2,1-3H3/t18-,19+. The number of nitrogens with one attached hydrogen (secondary N) is 1. The van der Waals surface area contributed by atoms with Gasteiger partial charge in [-0.15, -0.1) is 11.3 Å². The zero-order chi connectivity index (χ0) is 17.7. The zero-order valence-corrected chi connectivity index (χ0v) is 15.9. The molecule has 2 fully saturated rings. The molecule has 0 radical (unpaired) electrons. The summed E-state index contributed by atoms with van der Waals surface area (Å²) < 4.78 is 5.09. The van der Waals surface area contributed by atoms with Crippen LogP contribution in [0.2, 0.25) is 0 Å². The molecule has 2 aromatic rings. The Hall–Kier alpha value is -1.50. The van der Waals surface area contributed by atoms with E-state index in [1.54, 1.807) is 0 Å². The van der Waals surface area contributed by atoms with Crippen molar-refractivity contribution < 1.29 is 9.53 Å². The quantitative estimate of drug-likeness (QED) is 0.851. The highest BCUT2D eigenvalue weighted by atomic mass is 32.1. The number of hydrogen-bond donors (Lipinski definition) is 1. The fraction of sp³-hybridized carbons (Fsp3) is 0.579. The van der Waals surface area contributed by atoms with E-state index in [-0.39, 0.29) is 5.97 Å². The van der Waals surface area contributed by atoms with Crippen LogP contribution in [-0.2, 0) is 11.3 Å². The Labute approximate surface area is 152 Å². The monoisotopic (exact) mass is 359 g/mol. The van der Waals surface area contributed by atoms with Crippen molar-refractivity contribution in [2.75, 3.05) is 32.8 Å². The van der Waals surface area contributed by atoms with Crippen molar-refractivity contribution in [2.45, 2.75) is 27.3 Å².